The molecule has 1 N–H and O–H groups in total. The van der Waals surface area contributed by atoms with Gasteiger partial charge in [0.15, 0.2) is 0 Å². The monoisotopic (exact) mass is 363 g/mol. The van der Waals surface area contributed by atoms with Gasteiger partial charge in [-0.15, -0.1) is 0 Å². The van der Waals surface area contributed by atoms with Gasteiger partial charge in [-0.2, -0.15) is 5.26 Å². The van der Waals surface area contributed by atoms with Crippen molar-refractivity contribution in [3.8, 4) is 28.8 Å². The lowest BCUT2D eigenvalue weighted by Crippen LogP contribution is -2.04. The maximum absolute atomic E-state index is 11.2. The number of aromatic carboxylic acids is 1. The van der Waals surface area contributed by atoms with Crippen LogP contribution in [0.1, 0.15) is 15.9 Å². The smallest absolute Gasteiger partial charge is 0.335 e. The van der Waals surface area contributed by atoms with Crippen molar-refractivity contribution in [2.45, 2.75) is 0 Å². The second kappa shape index (κ2) is 8.17. The Balaban J connectivity index is 1.96. The molecule has 0 aliphatic rings. The van der Waals surface area contributed by atoms with Crippen molar-refractivity contribution in [1.82, 2.24) is 9.55 Å². The molecular weight excluding hydrogens is 346 g/mol. The van der Waals surface area contributed by atoms with Crippen LogP contribution in [0.2, 0.25) is 0 Å². The number of methoxy groups -OCH3 is 1. The van der Waals surface area contributed by atoms with E-state index >= 15 is 0 Å². The summed E-state index contributed by atoms with van der Waals surface area (Å²) in [6.07, 6.45) is 4.80. The molecule has 0 amide bonds. The lowest BCUT2D eigenvalue weighted by Gasteiger charge is -2.07. The van der Waals surface area contributed by atoms with E-state index in [-0.39, 0.29) is 5.56 Å². The lowest BCUT2D eigenvalue weighted by atomic mass is 10.1. The number of pyridine rings is 1. The molecular formula is C20H17N3O4. The summed E-state index contributed by atoms with van der Waals surface area (Å²) in [5, 5.41) is 18.6. The Bertz CT molecular complexity index is 1000. The van der Waals surface area contributed by atoms with E-state index in [9.17, 15) is 10.1 Å². The van der Waals surface area contributed by atoms with Crippen LogP contribution >= 0.6 is 0 Å². The molecule has 2 heterocycles. The molecule has 0 aliphatic heterocycles. The molecule has 3 rings (SSSR count). The van der Waals surface area contributed by atoms with Crippen LogP contribution in [-0.4, -0.2) is 41.0 Å². The first-order valence-corrected chi connectivity index (χ1v) is 8.16. The van der Waals surface area contributed by atoms with Gasteiger partial charge < -0.3 is 19.1 Å². The van der Waals surface area contributed by atoms with Crippen LogP contribution in [0.3, 0.4) is 0 Å². The molecule has 0 bridgehead atoms. The summed E-state index contributed by atoms with van der Waals surface area (Å²) in [6, 6.07) is 12.4. The highest BCUT2D eigenvalue weighted by atomic mass is 16.5. The van der Waals surface area contributed by atoms with Crippen LogP contribution in [0.25, 0.3) is 16.9 Å². The number of hydrogen-bond donors (Lipinski definition) is 1. The van der Waals surface area contributed by atoms with Crippen molar-refractivity contribution >= 4 is 5.97 Å². The van der Waals surface area contributed by atoms with Gasteiger partial charge >= 0.3 is 5.97 Å². The first-order valence-electron chi connectivity index (χ1n) is 8.16. The number of aromatic nitrogens is 2. The van der Waals surface area contributed by atoms with Crippen molar-refractivity contribution in [2.24, 2.45) is 0 Å². The predicted molar refractivity (Wildman–Crippen MR) is 98.0 cm³/mol. The fraction of sp³-hybridized carbons (Fsp3) is 0.150. The Morgan fingerprint density at radius 3 is 2.85 bits per heavy atom. The minimum Gasteiger partial charge on any atom is -0.491 e. The maximum atomic E-state index is 11.2. The zero-order valence-electron chi connectivity index (χ0n) is 14.6. The highest BCUT2D eigenvalue weighted by Gasteiger charge is 2.13. The predicted octanol–water partition coefficient (Wildman–Crippen LogP) is 3.13. The third kappa shape index (κ3) is 4.14. The summed E-state index contributed by atoms with van der Waals surface area (Å²) >= 11 is 0. The van der Waals surface area contributed by atoms with E-state index in [1.54, 1.807) is 24.1 Å². The molecule has 0 atom stereocenters. The quantitative estimate of drug-likeness (QED) is 0.648. The van der Waals surface area contributed by atoms with Crippen LogP contribution in [0.15, 0.2) is 55.0 Å². The van der Waals surface area contributed by atoms with Crippen LogP contribution in [0.5, 0.6) is 5.75 Å². The van der Waals surface area contributed by atoms with E-state index in [2.05, 4.69) is 11.1 Å². The maximum Gasteiger partial charge on any atom is 0.335 e. The normalized spacial score (nSPS) is 10.4. The zero-order valence-corrected chi connectivity index (χ0v) is 14.6. The molecule has 27 heavy (non-hydrogen) atoms. The number of carboxylic acid groups (broad SMARTS) is 1. The fourth-order valence-electron chi connectivity index (χ4n) is 2.59. The third-order valence-electron chi connectivity index (χ3n) is 3.91. The highest BCUT2D eigenvalue weighted by molar-refractivity contribution is 5.88. The first-order chi connectivity index (χ1) is 13.1. The summed E-state index contributed by atoms with van der Waals surface area (Å²) in [5.74, 6) is 0.0600. The SMILES string of the molecule is COCCOc1cccc(-c2cn(-c3cc(C(=O)O)ccn3)cc2C#N)c1. The zero-order chi connectivity index (χ0) is 19.2. The second-order valence-electron chi connectivity index (χ2n) is 5.68. The molecule has 1 aromatic carbocycles. The second-order valence-corrected chi connectivity index (χ2v) is 5.68. The van der Waals surface area contributed by atoms with E-state index in [1.807, 2.05) is 24.3 Å². The molecule has 7 nitrogen and oxygen atoms in total. The minimum atomic E-state index is -1.03. The Morgan fingerprint density at radius 1 is 1.26 bits per heavy atom. The molecule has 0 aliphatic carbocycles. The summed E-state index contributed by atoms with van der Waals surface area (Å²) in [5.41, 5.74) is 2.10. The molecule has 0 saturated carbocycles. The summed E-state index contributed by atoms with van der Waals surface area (Å²) in [7, 11) is 1.61. The Kier molecular flexibility index (Phi) is 5.50. The van der Waals surface area contributed by atoms with E-state index < -0.39 is 5.97 Å². The largest absolute Gasteiger partial charge is 0.491 e. The van der Waals surface area contributed by atoms with Gasteiger partial charge in [0.1, 0.15) is 24.2 Å². The fourth-order valence-corrected chi connectivity index (χ4v) is 2.59. The Hall–Kier alpha value is -3.63. The van der Waals surface area contributed by atoms with Crippen LogP contribution in [0, 0.1) is 11.3 Å². The number of carboxylic acids is 1. The Labute approximate surface area is 156 Å². The summed E-state index contributed by atoms with van der Waals surface area (Å²) < 4.78 is 12.2. The molecule has 3 aromatic rings. The summed E-state index contributed by atoms with van der Waals surface area (Å²) in [6.45, 7) is 0.910. The molecule has 2 aromatic heterocycles. The van der Waals surface area contributed by atoms with Gasteiger partial charge in [0.05, 0.1) is 17.7 Å². The third-order valence-corrected chi connectivity index (χ3v) is 3.91. The number of rotatable bonds is 7. The topological polar surface area (TPSA) is 97.4 Å². The van der Waals surface area contributed by atoms with Crippen molar-refractivity contribution in [3.63, 3.8) is 0 Å². The lowest BCUT2D eigenvalue weighted by molar-refractivity contribution is 0.0696. The standard InChI is InChI=1S/C20H17N3O4/c1-26-7-8-27-17-4-2-3-14(9-17)18-13-23(12-16(18)11-21)19-10-15(20(24)25)5-6-22-19/h2-6,9-10,12-13H,7-8H2,1H3,(H,24,25). The van der Waals surface area contributed by atoms with Crippen LogP contribution < -0.4 is 4.74 Å². The van der Waals surface area contributed by atoms with Crippen molar-refractivity contribution in [3.05, 3.63) is 66.1 Å². The van der Waals surface area contributed by atoms with Crippen molar-refractivity contribution < 1.29 is 19.4 Å². The molecule has 0 spiro atoms. The first kappa shape index (κ1) is 18.2. The van der Waals surface area contributed by atoms with Gasteiger partial charge in [-0.1, -0.05) is 12.1 Å². The van der Waals surface area contributed by atoms with Gasteiger partial charge in [0.2, 0.25) is 0 Å². The molecule has 0 unspecified atom stereocenters. The number of benzene rings is 1. The van der Waals surface area contributed by atoms with E-state index in [1.165, 1.54) is 18.3 Å². The van der Waals surface area contributed by atoms with E-state index in [4.69, 9.17) is 14.6 Å². The van der Waals surface area contributed by atoms with Gasteiger partial charge in [0, 0.05) is 31.3 Å². The van der Waals surface area contributed by atoms with Crippen molar-refractivity contribution in [2.75, 3.05) is 20.3 Å². The van der Waals surface area contributed by atoms with E-state index in [0.717, 1.165) is 5.56 Å². The number of carbonyl (C=O) groups is 1. The molecule has 0 radical (unpaired) electrons. The van der Waals surface area contributed by atoms with Crippen LogP contribution in [0.4, 0.5) is 0 Å². The molecule has 0 fully saturated rings. The average Bonchev–Trinajstić information content (AvgIpc) is 3.13. The van der Waals surface area contributed by atoms with Crippen molar-refractivity contribution in [1.29, 1.82) is 5.26 Å². The Morgan fingerprint density at radius 2 is 2.11 bits per heavy atom. The minimum absolute atomic E-state index is 0.127. The number of ether oxygens (including phenoxy) is 2. The van der Waals surface area contributed by atoms with Gasteiger partial charge in [-0.3, -0.25) is 0 Å². The number of nitriles is 1. The average molecular weight is 363 g/mol. The molecule has 0 saturated heterocycles. The summed E-state index contributed by atoms with van der Waals surface area (Å²) in [4.78, 5) is 15.4. The van der Waals surface area contributed by atoms with Crippen LogP contribution in [-0.2, 0) is 4.74 Å². The number of hydrogen-bond acceptors (Lipinski definition) is 5. The van der Waals surface area contributed by atoms with Gasteiger partial charge in [0.25, 0.3) is 0 Å². The molecule has 136 valence electrons. The highest BCUT2D eigenvalue weighted by Crippen LogP contribution is 2.28. The van der Waals surface area contributed by atoms with E-state index in [0.29, 0.717) is 35.9 Å². The number of nitrogens with zero attached hydrogens (tertiary/aromatic N) is 3. The van der Waals surface area contributed by atoms with Gasteiger partial charge in [-0.25, -0.2) is 9.78 Å². The molecule has 7 heteroatoms. The van der Waals surface area contributed by atoms with Gasteiger partial charge in [-0.05, 0) is 29.8 Å².